The van der Waals surface area contributed by atoms with Crippen molar-refractivity contribution in [1.29, 1.82) is 0 Å². The summed E-state index contributed by atoms with van der Waals surface area (Å²) in [6, 6.07) is 7.94. The second kappa shape index (κ2) is 5.97. The number of hydrogen-bond acceptors (Lipinski definition) is 2. The van der Waals surface area contributed by atoms with Gasteiger partial charge in [-0.15, -0.1) is 0 Å². The maximum atomic E-state index is 12.7. The lowest BCUT2D eigenvalue weighted by Gasteiger charge is -2.39. The molecule has 2 unspecified atom stereocenters. The van der Waals surface area contributed by atoms with Gasteiger partial charge in [0.1, 0.15) is 11.4 Å². The van der Waals surface area contributed by atoms with E-state index in [1.54, 1.807) is 4.57 Å². The van der Waals surface area contributed by atoms with Gasteiger partial charge in [0.05, 0.1) is 11.1 Å². The van der Waals surface area contributed by atoms with E-state index in [1.165, 1.54) is 5.57 Å². The third-order valence-corrected chi connectivity index (χ3v) is 5.01. The monoisotopic (exact) mass is 323 g/mol. The highest BCUT2D eigenvalue weighted by molar-refractivity contribution is 5.87. The van der Waals surface area contributed by atoms with Crippen LogP contribution in [0.25, 0.3) is 10.9 Å². The molecule has 0 N–H and O–H groups in total. The maximum absolute atomic E-state index is 12.7. The van der Waals surface area contributed by atoms with Crippen LogP contribution in [0, 0.1) is 5.92 Å². The molecule has 0 saturated heterocycles. The van der Waals surface area contributed by atoms with Gasteiger partial charge in [0.25, 0.3) is 5.56 Å². The molecule has 0 bridgehead atoms. The normalized spacial score (nSPS) is 23.1. The SMILES string of the molecule is CC(C)=C/C=C\C1(C)Oc2c(c(=O)n(C)c3ccccc23)CC1C. The number of aryl methyl sites for hydroxylation is 1. The summed E-state index contributed by atoms with van der Waals surface area (Å²) >= 11 is 0. The molecule has 2 heterocycles. The molecule has 1 aliphatic heterocycles. The van der Waals surface area contributed by atoms with Crippen molar-refractivity contribution in [2.45, 2.75) is 39.7 Å². The zero-order chi connectivity index (χ0) is 17.5. The maximum Gasteiger partial charge on any atom is 0.257 e. The number of rotatable bonds is 2. The minimum Gasteiger partial charge on any atom is -0.482 e. The summed E-state index contributed by atoms with van der Waals surface area (Å²) in [5.74, 6) is 0.969. The largest absolute Gasteiger partial charge is 0.482 e. The number of hydrogen-bond donors (Lipinski definition) is 0. The second-order valence-corrected chi connectivity index (χ2v) is 7.18. The topological polar surface area (TPSA) is 31.2 Å². The van der Waals surface area contributed by atoms with Crippen LogP contribution in [-0.4, -0.2) is 10.2 Å². The lowest BCUT2D eigenvalue weighted by molar-refractivity contribution is 0.0647. The molecule has 0 saturated carbocycles. The first-order chi connectivity index (χ1) is 11.3. The molecular formula is C21H25NO2. The Morgan fingerprint density at radius 1 is 1.33 bits per heavy atom. The Bertz CT molecular complexity index is 900. The van der Waals surface area contributed by atoms with Gasteiger partial charge in [-0.1, -0.05) is 36.8 Å². The molecule has 0 radical (unpaired) electrons. The third kappa shape index (κ3) is 2.68. The summed E-state index contributed by atoms with van der Waals surface area (Å²) in [4.78, 5) is 12.7. The van der Waals surface area contributed by atoms with Gasteiger partial charge in [-0.25, -0.2) is 0 Å². The molecule has 3 heteroatoms. The number of benzene rings is 1. The smallest absolute Gasteiger partial charge is 0.257 e. The molecule has 126 valence electrons. The van der Waals surface area contributed by atoms with Crippen LogP contribution in [0.4, 0.5) is 0 Å². The van der Waals surface area contributed by atoms with Crippen LogP contribution in [-0.2, 0) is 13.5 Å². The van der Waals surface area contributed by atoms with Crippen LogP contribution in [0.1, 0.15) is 33.3 Å². The van der Waals surface area contributed by atoms with E-state index in [4.69, 9.17) is 4.74 Å². The van der Waals surface area contributed by atoms with Crippen LogP contribution >= 0.6 is 0 Å². The van der Waals surface area contributed by atoms with E-state index in [1.807, 2.05) is 31.3 Å². The van der Waals surface area contributed by atoms with E-state index < -0.39 is 5.60 Å². The highest BCUT2D eigenvalue weighted by Gasteiger charge is 2.38. The highest BCUT2D eigenvalue weighted by atomic mass is 16.5. The van der Waals surface area contributed by atoms with Crippen molar-refractivity contribution < 1.29 is 4.74 Å². The van der Waals surface area contributed by atoms with Gasteiger partial charge in [0.15, 0.2) is 0 Å². The summed E-state index contributed by atoms with van der Waals surface area (Å²) in [6.45, 7) is 8.39. The zero-order valence-electron chi connectivity index (χ0n) is 15.1. The predicted octanol–water partition coefficient (Wildman–Crippen LogP) is 4.39. The van der Waals surface area contributed by atoms with Gasteiger partial charge in [-0.2, -0.15) is 0 Å². The minimum atomic E-state index is -0.423. The number of allylic oxidation sites excluding steroid dienone is 3. The van der Waals surface area contributed by atoms with Gasteiger partial charge >= 0.3 is 0 Å². The molecule has 24 heavy (non-hydrogen) atoms. The third-order valence-electron chi connectivity index (χ3n) is 5.01. The summed E-state index contributed by atoms with van der Waals surface area (Å²) in [5, 5.41) is 1.00. The number of fused-ring (bicyclic) bond motifs is 3. The van der Waals surface area contributed by atoms with Gasteiger partial charge in [-0.05, 0) is 45.4 Å². The van der Waals surface area contributed by atoms with E-state index in [0.717, 1.165) is 28.6 Å². The average Bonchev–Trinajstić information content (AvgIpc) is 2.54. The fourth-order valence-electron chi connectivity index (χ4n) is 3.29. The van der Waals surface area contributed by atoms with Crippen LogP contribution in [0.15, 0.2) is 52.9 Å². The number of pyridine rings is 1. The Kier molecular flexibility index (Phi) is 4.12. The summed E-state index contributed by atoms with van der Waals surface area (Å²) in [7, 11) is 1.83. The molecule has 2 aromatic rings. The molecule has 3 rings (SSSR count). The molecular weight excluding hydrogens is 298 g/mol. The minimum absolute atomic E-state index is 0.0471. The highest BCUT2D eigenvalue weighted by Crippen LogP contribution is 2.40. The first-order valence-electron chi connectivity index (χ1n) is 8.46. The molecule has 3 nitrogen and oxygen atoms in total. The lowest BCUT2D eigenvalue weighted by atomic mass is 9.82. The van der Waals surface area contributed by atoms with Crippen LogP contribution in [0.5, 0.6) is 5.75 Å². The van der Waals surface area contributed by atoms with Crippen LogP contribution in [0.2, 0.25) is 0 Å². The number of aromatic nitrogens is 1. The van der Waals surface area contributed by atoms with Gasteiger partial charge in [-0.3, -0.25) is 4.79 Å². The Balaban J connectivity index is 2.17. The first-order valence-corrected chi connectivity index (χ1v) is 8.46. The van der Waals surface area contributed by atoms with Gasteiger partial charge in [0, 0.05) is 18.4 Å². The van der Waals surface area contributed by atoms with Crippen molar-refractivity contribution in [3.8, 4) is 5.75 Å². The quantitative estimate of drug-likeness (QED) is 0.768. The Labute approximate surface area is 143 Å². The summed E-state index contributed by atoms with van der Waals surface area (Å²) in [5.41, 5.74) is 2.57. The van der Waals surface area contributed by atoms with Crippen molar-refractivity contribution in [1.82, 2.24) is 4.57 Å². The van der Waals surface area contributed by atoms with Crippen molar-refractivity contribution in [3.63, 3.8) is 0 Å². The molecule has 2 atom stereocenters. The van der Waals surface area contributed by atoms with E-state index in [-0.39, 0.29) is 11.5 Å². The Morgan fingerprint density at radius 3 is 2.75 bits per heavy atom. The number of para-hydroxylation sites is 1. The molecule has 1 aromatic heterocycles. The molecule has 0 aliphatic carbocycles. The number of nitrogens with zero attached hydrogens (tertiary/aromatic N) is 1. The average molecular weight is 323 g/mol. The van der Waals surface area contributed by atoms with Gasteiger partial charge in [0.2, 0.25) is 0 Å². The molecule has 1 aromatic carbocycles. The second-order valence-electron chi connectivity index (χ2n) is 7.18. The fourth-order valence-corrected chi connectivity index (χ4v) is 3.29. The lowest BCUT2D eigenvalue weighted by Crippen LogP contribution is -2.44. The Hall–Kier alpha value is -2.29. The van der Waals surface area contributed by atoms with Crippen molar-refractivity contribution in [2.24, 2.45) is 13.0 Å². The molecule has 1 aliphatic rings. The summed E-state index contributed by atoms with van der Waals surface area (Å²) < 4.78 is 8.16. The van der Waals surface area contributed by atoms with Gasteiger partial charge < -0.3 is 9.30 Å². The van der Waals surface area contributed by atoms with E-state index in [2.05, 4.69) is 45.9 Å². The van der Waals surface area contributed by atoms with E-state index in [9.17, 15) is 4.79 Å². The fraction of sp³-hybridized carbons (Fsp3) is 0.381. The predicted molar refractivity (Wildman–Crippen MR) is 99.7 cm³/mol. The van der Waals surface area contributed by atoms with Crippen LogP contribution < -0.4 is 10.3 Å². The van der Waals surface area contributed by atoms with E-state index in [0.29, 0.717) is 0 Å². The van der Waals surface area contributed by atoms with Crippen molar-refractivity contribution in [3.05, 3.63) is 64.0 Å². The number of ether oxygens (including phenoxy) is 1. The van der Waals surface area contributed by atoms with Crippen LogP contribution in [0.3, 0.4) is 0 Å². The molecule has 0 fully saturated rings. The van der Waals surface area contributed by atoms with Crippen molar-refractivity contribution >= 4 is 10.9 Å². The standard InChI is InChI=1S/C21H25NO2/c1-14(2)9-8-12-21(4)15(3)13-17-19(24-21)16-10-6-7-11-18(16)22(5)20(17)23/h6-12,15H,13H2,1-5H3/b12-8-. The van der Waals surface area contributed by atoms with E-state index >= 15 is 0 Å². The summed E-state index contributed by atoms with van der Waals surface area (Å²) in [6.07, 6.45) is 6.97. The van der Waals surface area contributed by atoms with Crippen molar-refractivity contribution in [2.75, 3.05) is 0 Å². The zero-order valence-corrected chi connectivity index (χ0v) is 15.1. The first kappa shape index (κ1) is 16.6. The molecule has 0 amide bonds. The Morgan fingerprint density at radius 2 is 2.04 bits per heavy atom. The molecule has 0 spiro atoms.